The summed E-state index contributed by atoms with van der Waals surface area (Å²) in [6.45, 7) is 4.60. The number of esters is 3. The minimum atomic E-state index is -4.76. The first-order chi connectivity index (χ1) is 39.2. The van der Waals surface area contributed by atoms with Crippen molar-refractivity contribution >= 4 is 25.7 Å². The fraction of sp³-hybridized carbons (Fsp3) is 0.779. The van der Waals surface area contributed by atoms with Crippen molar-refractivity contribution in [3.8, 4) is 0 Å². The van der Waals surface area contributed by atoms with Gasteiger partial charge in [0.2, 0.25) is 0 Å². The summed E-state index contributed by atoms with van der Waals surface area (Å²) in [5.41, 5.74) is 0. The van der Waals surface area contributed by atoms with Crippen LogP contribution in [0.3, 0.4) is 0 Å². The summed E-state index contributed by atoms with van der Waals surface area (Å²) < 4.78 is 39.7. The fourth-order valence-electron chi connectivity index (χ4n) is 9.04. The van der Waals surface area contributed by atoms with Crippen molar-refractivity contribution in [2.45, 2.75) is 315 Å². The van der Waals surface area contributed by atoms with Crippen LogP contribution in [0.1, 0.15) is 303 Å². The second-order valence-corrected chi connectivity index (χ2v) is 23.4. The Morgan fingerprint density at radius 1 is 0.350 bits per heavy atom. The van der Waals surface area contributed by atoms with E-state index in [1.54, 1.807) is 0 Å². The molecule has 464 valence electrons. The first-order valence-electron chi connectivity index (χ1n) is 32.8. The van der Waals surface area contributed by atoms with Gasteiger partial charge in [-0.15, -0.1) is 0 Å². The van der Waals surface area contributed by atoms with Gasteiger partial charge in [-0.3, -0.25) is 23.4 Å². The Labute approximate surface area is 490 Å². The molecule has 0 radical (unpaired) electrons. The molecule has 80 heavy (non-hydrogen) atoms. The highest BCUT2D eigenvalue weighted by atomic mass is 31.2. The van der Waals surface area contributed by atoms with Gasteiger partial charge < -0.3 is 24.2 Å². The lowest BCUT2D eigenvalue weighted by molar-refractivity contribution is -0.161. The highest BCUT2D eigenvalue weighted by Gasteiger charge is 2.28. The van der Waals surface area contributed by atoms with Crippen LogP contribution >= 0.6 is 7.82 Å². The Morgan fingerprint density at radius 2 is 0.613 bits per heavy atom. The molecule has 0 aromatic rings. The number of rotatable bonds is 61. The van der Waals surface area contributed by atoms with Gasteiger partial charge in [0.15, 0.2) is 6.10 Å². The summed E-state index contributed by atoms with van der Waals surface area (Å²) >= 11 is 0. The molecule has 3 atom stereocenters. The maximum atomic E-state index is 13.0. The summed E-state index contributed by atoms with van der Waals surface area (Å²) in [5.74, 6) is -1.48. The number of hydrogen-bond donors (Lipinski definition) is 2. The van der Waals surface area contributed by atoms with Gasteiger partial charge in [-0.2, -0.15) is 0 Å². The molecule has 0 aliphatic rings. The third-order valence-electron chi connectivity index (χ3n) is 14.1. The summed E-state index contributed by atoms with van der Waals surface area (Å²) in [7, 11) is -4.76. The lowest BCUT2D eigenvalue weighted by Gasteiger charge is -2.21. The number of aliphatic hydroxyl groups excluding tert-OH is 1. The summed E-state index contributed by atoms with van der Waals surface area (Å²) in [5, 5.41) is 9.85. The second-order valence-electron chi connectivity index (χ2n) is 21.9. The molecule has 0 rings (SSSR count). The molecule has 0 amide bonds. The average molecular weight is 1150 g/mol. The number of carbonyl (C=O) groups excluding carboxylic acids is 3. The summed E-state index contributed by atoms with van der Waals surface area (Å²) in [6, 6.07) is 0. The molecule has 0 fully saturated rings. The van der Waals surface area contributed by atoms with E-state index in [1.807, 2.05) is 0 Å². The van der Waals surface area contributed by atoms with E-state index in [2.05, 4.69) is 93.7 Å². The van der Waals surface area contributed by atoms with E-state index in [-0.39, 0.29) is 25.9 Å². The van der Waals surface area contributed by atoms with Crippen LogP contribution in [0.4, 0.5) is 0 Å². The van der Waals surface area contributed by atoms with Gasteiger partial charge in [-0.25, -0.2) is 4.57 Å². The van der Waals surface area contributed by atoms with Gasteiger partial charge in [0.05, 0.1) is 19.8 Å². The Hall–Kier alpha value is -3.08. The van der Waals surface area contributed by atoms with Crippen molar-refractivity contribution < 1.29 is 52.2 Å². The average Bonchev–Trinajstić information content (AvgIpc) is 3.45. The van der Waals surface area contributed by atoms with Gasteiger partial charge >= 0.3 is 25.7 Å². The van der Waals surface area contributed by atoms with E-state index >= 15 is 0 Å². The fourth-order valence-corrected chi connectivity index (χ4v) is 9.82. The van der Waals surface area contributed by atoms with Gasteiger partial charge in [-0.1, -0.05) is 241 Å². The van der Waals surface area contributed by atoms with Gasteiger partial charge in [0.25, 0.3) is 0 Å². The Bertz CT molecular complexity index is 1620. The molecule has 0 aliphatic heterocycles. The van der Waals surface area contributed by atoms with Crippen LogP contribution in [-0.4, -0.2) is 66.5 Å². The van der Waals surface area contributed by atoms with Crippen molar-refractivity contribution in [3.05, 3.63) is 72.9 Å². The molecule has 0 saturated heterocycles. The highest BCUT2D eigenvalue weighted by Crippen LogP contribution is 2.43. The molecule has 0 bridgehead atoms. The number of allylic oxidation sites excluding steroid dienone is 12. The molecule has 0 heterocycles. The monoisotopic (exact) mass is 1140 g/mol. The smallest absolute Gasteiger partial charge is 0.462 e. The third-order valence-corrected chi connectivity index (χ3v) is 15.0. The van der Waals surface area contributed by atoms with Crippen molar-refractivity contribution in [2.24, 2.45) is 0 Å². The van der Waals surface area contributed by atoms with Crippen LogP contribution < -0.4 is 0 Å². The molecule has 0 aromatic heterocycles. The maximum Gasteiger partial charge on any atom is 0.472 e. The van der Waals surface area contributed by atoms with Crippen molar-refractivity contribution in [1.82, 2.24) is 0 Å². The maximum absolute atomic E-state index is 13.0. The topological polar surface area (TPSA) is 155 Å². The zero-order chi connectivity index (χ0) is 58.3. The highest BCUT2D eigenvalue weighted by molar-refractivity contribution is 7.47. The van der Waals surface area contributed by atoms with Crippen molar-refractivity contribution in [2.75, 3.05) is 26.4 Å². The summed E-state index contributed by atoms with van der Waals surface area (Å²) in [4.78, 5) is 48.8. The zero-order valence-corrected chi connectivity index (χ0v) is 52.4. The number of carbonyl (C=O) groups is 3. The zero-order valence-electron chi connectivity index (χ0n) is 51.5. The lowest BCUT2D eigenvalue weighted by Crippen LogP contribution is -2.30. The van der Waals surface area contributed by atoms with E-state index < -0.39 is 57.8 Å². The minimum Gasteiger partial charge on any atom is -0.462 e. The van der Waals surface area contributed by atoms with Gasteiger partial charge in [0, 0.05) is 19.3 Å². The predicted molar refractivity (Wildman–Crippen MR) is 335 cm³/mol. The SMILES string of the molecule is CCCCC/C=C\C/C=C\C/C=C\CCCCCCCCC(=O)OCC(COP(=O)(O)OCC(CO)OC(=O)CCCCCCC/C=C\CCCCCCCC)OC(=O)CCCCCCCCCCC/C=C\C/C=C\CCCCC. The van der Waals surface area contributed by atoms with Crippen LogP contribution in [0.15, 0.2) is 72.9 Å². The normalized spacial score (nSPS) is 13.7. The van der Waals surface area contributed by atoms with Crippen LogP contribution in [0.2, 0.25) is 0 Å². The standard InChI is InChI=1S/C68H121O11P/c1-4-7-10-13-16-19-22-25-28-30-32-34-37-39-42-45-48-51-54-57-66(70)75-61-65(79-68(72)59-56-53-50-47-44-41-38-35-33-31-29-26-23-20-17-14-11-8-5-2)63-77-80(73,74)76-62-64(60-69)78-67(71)58-55-52-49-46-43-40-36-27-24-21-18-15-12-9-6-3/h16-17,19-20,25-29,32,34,36,64-65,69H,4-15,18,21-24,30-31,33,35,37-63H2,1-3H3,(H,73,74)/b19-16-,20-17-,28-25-,29-26-,34-32-,36-27-. The van der Waals surface area contributed by atoms with E-state index in [4.69, 9.17) is 23.3 Å². The number of unbranched alkanes of at least 4 members (excludes halogenated alkanes) is 32. The van der Waals surface area contributed by atoms with Gasteiger partial charge in [0.1, 0.15) is 12.7 Å². The number of ether oxygens (including phenoxy) is 3. The number of aliphatic hydroxyl groups is 1. The van der Waals surface area contributed by atoms with E-state index in [1.165, 1.54) is 122 Å². The number of phosphoric ester groups is 1. The minimum absolute atomic E-state index is 0.158. The van der Waals surface area contributed by atoms with Gasteiger partial charge in [-0.05, 0) is 116 Å². The first-order valence-corrected chi connectivity index (χ1v) is 34.3. The van der Waals surface area contributed by atoms with Crippen LogP contribution in [-0.2, 0) is 42.2 Å². The molecule has 0 spiro atoms. The lowest BCUT2D eigenvalue weighted by atomic mass is 10.1. The second kappa shape index (κ2) is 62.0. The first kappa shape index (κ1) is 76.9. The van der Waals surface area contributed by atoms with E-state index in [9.17, 15) is 28.9 Å². The van der Waals surface area contributed by atoms with Crippen LogP contribution in [0.5, 0.6) is 0 Å². The molecular formula is C68H121O11P. The van der Waals surface area contributed by atoms with Crippen LogP contribution in [0.25, 0.3) is 0 Å². The van der Waals surface area contributed by atoms with Crippen molar-refractivity contribution in [3.63, 3.8) is 0 Å². The number of hydrogen-bond acceptors (Lipinski definition) is 10. The molecule has 11 nitrogen and oxygen atoms in total. The van der Waals surface area contributed by atoms with E-state index in [0.29, 0.717) is 19.3 Å². The Morgan fingerprint density at radius 3 is 0.975 bits per heavy atom. The Kier molecular flexibility index (Phi) is 59.6. The molecule has 12 heteroatoms. The molecule has 0 aliphatic carbocycles. The third kappa shape index (κ3) is 59.5. The number of phosphoric acid groups is 1. The van der Waals surface area contributed by atoms with Crippen LogP contribution in [0, 0.1) is 0 Å². The molecule has 2 N–H and O–H groups in total. The molecule has 0 saturated carbocycles. The predicted octanol–water partition coefficient (Wildman–Crippen LogP) is 20.0. The largest absolute Gasteiger partial charge is 0.472 e. The molecule has 0 aromatic carbocycles. The van der Waals surface area contributed by atoms with Crippen molar-refractivity contribution in [1.29, 1.82) is 0 Å². The Balaban J connectivity index is 4.73. The molecular weight excluding hydrogens is 1020 g/mol. The molecule has 3 unspecified atom stereocenters. The van der Waals surface area contributed by atoms with E-state index in [0.717, 1.165) is 122 Å². The quantitative estimate of drug-likeness (QED) is 0.0197. The summed E-state index contributed by atoms with van der Waals surface area (Å²) in [6.07, 6.45) is 71.3.